The second-order valence-electron chi connectivity index (χ2n) is 8.93. The van der Waals surface area contributed by atoms with Gasteiger partial charge in [-0.1, -0.05) is 19.9 Å². The maximum absolute atomic E-state index is 13.4. The molecule has 0 fully saturated rings. The minimum atomic E-state index is -1.83. The SMILES string of the molecule is CCc1c2c(nc3ccc(CCC(C)=O)cc13)-c1cc3c(c(=O)n1C2)COC(=O)C3(O)CC. The van der Waals surface area contributed by atoms with Gasteiger partial charge in [0.05, 0.1) is 29.0 Å². The second-order valence-corrected chi connectivity index (χ2v) is 8.93. The summed E-state index contributed by atoms with van der Waals surface area (Å²) in [6.07, 6.45) is 2.06. The predicted octanol–water partition coefficient (Wildman–Crippen LogP) is 3.16. The van der Waals surface area contributed by atoms with Crippen LogP contribution in [0.5, 0.6) is 0 Å². The molecule has 7 heteroatoms. The number of carbonyl (C=O) groups is 2. The molecule has 170 valence electrons. The number of pyridine rings is 2. The number of aryl methyl sites for hydroxylation is 2. The summed E-state index contributed by atoms with van der Waals surface area (Å²) in [6, 6.07) is 7.80. The van der Waals surface area contributed by atoms with Gasteiger partial charge in [0.2, 0.25) is 0 Å². The third-order valence-corrected chi connectivity index (χ3v) is 6.99. The monoisotopic (exact) mass is 446 g/mol. The smallest absolute Gasteiger partial charge is 0.343 e. The van der Waals surface area contributed by atoms with Gasteiger partial charge in [-0.15, -0.1) is 0 Å². The highest BCUT2D eigenvalue weighted by Gasteiger charge is 2.45. The second kappa shape index (κ2) is 7.63. The van der Waals surface area contributed by atoms with Gasteiger partial charge in [0.25, 0.3) is 5.56 Å². The first kappa shape index (κ1) is 21.5. The summed E-state index contributed by atoms with van der Waals surface area (Å²) in [7, 11) is 0. The van der Waals surface area contributed by atoms with Gasteiger partial charge in [-0.05, 0) is 55.5 Å². The zero-order valence-electron chi connectivity index (χ0n) is 19.0. The topological polar surface area (TPSA) is 98.5 Å². The molecule has 2 aliphatic heterocycles. The Kier molecular flexibility index (Phi) is 4.97. The normalized spacial score (nSPS) is 18.6. The number of Topliss-reactive ketones (excluding diaryl/α,β-unsaturated/α-hetero) is 1. The van der Waals surface area contributed by atoms with Crippen LogP contribution in [0.3, 0.4) is 0 Å². The van der Waals surface area contributed by atoms with E-state index in [1.54, 1.807) is 24.5 Å². The quantitative estimate of drug-likeness (QED) is 0.473. The number of aromatic nitrogens is 2. The summed E-state index contributed by atoms with van der Waals surface area (Å²) >= 11 is 0. The number of ketones is 1. The fraction of sp³-hybridized carbons (Fsp3) is 0.385. The maximum Gasteiger partial charge on any atom is 0.343 e. The molecule has 33 heavy (non-hydrogen) atoms. The number of carbonyl (C=O) groups excluding carboxylic acids is 2. The van der Waals surface area contributed by atoms with Crippen molar-refractivity contribution < 1.29 is 19.4 Å². The first-order chi connectivity index (χ1) is 15.8. The standard InChI is InChI=1S/C26H26N2O5/c1-4-16-17-10-15(7-6-14(3)29)8-9-21(17)27-23-18(16)12-28-22(23)11-20-19(24(28)30)13-33-25(31)26(20,32)5-2/h8-11,32H,4-7,12-13H2,1-3H3. The van der Waals surface area contributed by atoms with E-state index < -0.39 is 11.6 Å². The van der Waals surface area contributed by atoms with E-state index in [2.05, 4.69) is 13.0 Å². The average Bonchev–Trinajstić information content (AvgIpc) is 3.17. The number of hydrogen-bond acceptors (Lipinski definition) is 6. The first-order valence-electron chi connectivity index (χ1n) is 11.4. The van der Waals surface area contributed by atoms with Crippen molar-refractivity contribution in [2.45, 2.75) is 65.2 Å². The Morgan fingerprint density at radius 3 is 2.70 bits per heavy atom. The highest BCUT2D eigenvalue weighted by atomic mass is 16.6. The summed E-state index contributed by atoms with van der Waals surface area (Å²) in [5, 5.41) is 12.1. The molecular formula is C26H26N2O5. The number of nitrogens with zero attached hydrogens (tertiary/aromatic N) is 2. The number of ether oxygens (including phenoxy) is 1. The minimum Gasteiger partial charge on any atom is -0.458 e. The van der Waals surface area contributed by atoms with E-state index in [1.165, 1.54) is 0 Å². The summed E-state index contributed by atoms with van der Waals surface area (Å²) < 4.78 is 6.81. The summed E-state index contributed by atoms with van der Waals surface area (Å²) in [6.45, 7) is 5.62. The van der Waals surface area contributed by atoms with E-state index in [-0.39, 0.29) is 24.4 Å². The largest absolute Gasteiger partial charge is 0.458 e. The Balaban J connectivity index is 1.71. The molecular weight excluding hydrogens is 420 g/mol. The fourth-order valence-corrected chi connectivity index (χ4v) is 5.09. The Morgan fingerprint density at radius 1 is 1.21 bits per heavy atom. The molecule has 2 aliphatic rings. The van der Waals surface area contributed by atoms with Crippen LogP contribution in [0.4, 0.5) is 0 Å². The van der Waals surface area contributed by atoms with Crippen LogP contribution in [-0.2, 0) is 45.9 Å². The number of fused-ring (bicyclic) bond motifs is 5. The van der Waals surface area contributed by atoms with Crippen LogP contribution >= 0.6 is 0 Å². The van der Waals surface area contributed by atoms with Crippen molar-refractivity contribution in [3.8, 4) is 11.4 Å². The van der Waals surface area contributed by atoms with E-state index >= 15 is 0 Å². The van der Waals surface area contributed by atoms with Gasteiger partial charge in [-0.3, -0.25) is 4.79 Å². The summed E-state index contributed by atoms with van der Waals surface area (Å²) in [5.74, 6) is -0.565. The van der Waals surface area contributed by atoms with Crippen molar-refractivity contribution in [2.24, 2.45) is 0 Å². The van der Waals surface area contributed by atoms with Gasteiger partial charge < -0.3 is 19.2 Å². The van der Waals surface area contributed by atoms with Crippen LogP contribution in [0, 0.1) is 0 Å². The molecule has 0 amide bonds. The lowest BCUT2D eigenvalue weighted by Gasteiger charge is -2.31. The number of rotatable bonds is 5. The molecule has 1 atom stereocenters. The molecule has 0 bridgehead atoms. The molecule has 4 heterocycles. The minimum absolute atomic E-state index is 0.114. The number of cyclic esters (lactones) is 1. The van der Waals surface area contributed by atoms with Crippen molar-refractivity contribution in [2.75, 3.05) is 0 Å². The van der Waals surface area contributed by atoms with E-state index in [1.807, 2.05) is 12.1 Å². The van der Waals surface area contributed by atoms with Crippen LogP contribution in [0.1, 0.15) is 61.4 Å². The van der Waals surface area contributed by atoms with Gasteiger partial charge in [-0.2, -0.15) is 0 Å². The summed E-state index contributed by atoms with van der Waals surface area (Å²) in [5.41, 5.74) is 3.91. The lowest BCUT2D eigenvalue weighted by molar-refractivity contribution is -0.172. The van der Waals surface area contributed by atoms with Crippen molar-refractivity contribution in [1.29, 1.82) is 0 Å². The van der Waals surface area contributed by atoms with Crippen LogP contribution in [0.2, 0.25) is 0 Å². The number of benzene rings is 1. The third kappa shape index (κ3) is 3.14. The molecule has 1 aromatic carbocycles. The lowest BCUT2D eigenvalue weighted by atomic mass is 9.86. The molecule has 1 N–H and O–H groups in total. The maximum atomic E-state index is 13.4. The van der Waals surface area contributed by atoms with Crippen LogP contribution in [0.25, 0.3) is 22.3 Å². The van der Waals surface area contributed by atoms with Gasteiger partial charge in [0.1, 0.15) is 12.4 Å². The third-order valence-electron chi connectivity index (χ3n) is 6.99. The number of esters is 1. The van der Waals surface area contributed by atoms with E-state index in [0.717, 1.165) is 34.0 Å². The molecule has 7 nitrogen and oxygen atoms in total. The summed E-state index contributed by atoms with van der Waals surface area (Å²) in [4.78, 5) is 42.1. The highest BCUT2D eigenvalue weighted by Crippen LogP contribution is 2.40. The molecule has 1 unspecified atom stereocenters. The molecule has 3 aromatic rings. The van der Waals surface area contributed by atoms with E-state index in [4.69, 9.17) is 9.72 Å². The van der Waals surface area contributed by atoms with E-state index in [9.17, 15) is 19.5 Å². The number of aliphatic hydroxyl groups is 1. The zero-order chi connectivity index (χ0) is 23.5. The molecule has 0 radical (unpaired) electrons. The molecule has 0 spiro atoms. The zero-order valence-corrected chi connectivity index (χ0v) is 19.0. The predicted molar refractivity (Wildman–Crippen MR) is 123 cm³/mol. The Labute approximate surface area is 191 Å². The van der Waals surface area contributed by atoms with Crippen LogP contribution in [0.15, 0.2) is 29.1 Å². The van der Waals surface area contributed by atoms with Crippen molar-refractivity contribution in [3.05, 3.63) is 62.4 Å². The average molecular weight is 447 g/mol. The molecule has 5 rings (SSSR count). The Morgan fingerprint density at radius 2 is 2.00 bits per heavy atom. The van der Waals surface area contributed by atoms with Gasteiger partial charge in [0, 0.05) is 22.9 Å². The van der Waals surface area contributed by atoms with E-state index in [0.29, 0.717) is 41.9 Å². The van der Waals surface area contributed by atoms with Gasteiger partial charge in [-0.25, -0.2) is 9.78 Å². The van der Waals surface area contributed by atoms with Crippen molar-refractivity contribution in [1.82, 2.24) is 9.55 Å². The Bertz CT molecular complexity index is 1400. The molecule has 2 aromatic heterocycles. The van der Waals surface area contributed by atoms with Crippen molar-refractivity contribution >= 4 is 22.7 Å². The molecule has 0 saturated heterocycles. The van der Waals surface area contributed by atoms with Crippen LogP contribution < -0.4 is 5.56 Å². The lowest BCUT2D eigenvalue weighted by Crippen LogP contribution is -2.44. The highest BCUT2D eigenvalue weighted by molar-refractivity contribution is 5.89. The Hall–Kier alpha value is -3.32. The van der Waals surface area contributed by atoms with Crippen molar-refractivity contribution in [3.63, 3.8) is 0 Å². The van der Waals surface area contributed by atoms with Crippen LogP contribution in [-0.4, -0.2) is 26.4 Å². The molecule has 0 aliphatic carbocycles. The van der Waals surface area contributed by atoms with Gasteiger partial charge in [0.15, 0.2) is 5.60 Å². The fourth-order valence-electron chi connectivity index (χ4n) is 5.09. The number of hydrogen-bond donors (Lipinski definition) is 1. The van der Waals surface area contributed by atoms with Gasteiger partial charge >= 0.3 is 5.97 Å². The molecule has 0 saturated carbocycles. The first-order valence-corrected chi connectivity index (χ1v) is 11.4.